The molecule has 8 nitrogen and oxygen atoms in total. The second-order valence-corrected chi connectivity index (χ2v) is 15.3. The molecule has 8 heteroatoms. The Bertz CT molecular complexity index is 2210. The number of benzene rings is 4. The van der Waals surface area contributed by atoms with Crippen molar-refractivity contribution >= 4 is 28.0 Å². The van der Waals surface area contributed by atoms with Crippen LogP contribution in [0.15, 0.2) is 84.9 Å². The molecule has 1 aliphatic heterocycles. The number of esters is 1. The number of hydroxylamine groups is 2. The molecule has 6 aromatic rings. The molecule has 51 heavy (non-hydrogen) atoms. The fraction of sp³-hybridized carbons (Fsp3) is 0.372. The molecular weight excluding hydrogens is 635 g/mol. The fourth-order valence-electron chi connectivity index (χ4n) is 8.41. The van der Waals surface area contributed by atoms with Crippen LogP contribution in [0.5, 0.6) is 0 Å². The van der Waals surface area contributed by atoms with E-state index in [1.165, 1.54) is 0 Å². The highest BCUT2D eigenvalue weighted by Crippen LogP contribution is 2.40. The molecule has 1 fully saturated rings. The molecule has 0 N–H and O–H groups in total. The van der Waals surface area contributed by atoms with Crippen molar-refractivity contribution in [2.45, 2.75) is 91.0 Å². The molecule has 0 radical (unpaired) electrons. The van der Waals surface area contributed by atoms with E-state index >= 15 is 0 Å². The van der Waals surface area contributed by atoms with Crippen molar-refractivity contribution in [3.8, 4) is 22.5 Å². The largest absolute Gasteiger partial charge is 0.459 e. The normalized spacial score (nSPS) is 16.2. The Balaban J connectivity index is 1.17. The smallest absolute Gasteiger partial charge is 0.339 e. The van der Waals surface area contributed by atoms with E-state index in [0.29, 0.717) is 24.9 Å². The van der Waals surface area contributed by atoms with Gasteiger partial charge in [-0.3, -0.25) is 0 Å². The van der Waals surface area contributed by atoms with Crippen LogP contribution >= 0.6 is 0 Å². The number of aryl methyl sites for hydroxylation is 3. The average Bonchev–Trinajstić information content (AvgIpc) is 3.61. The zero-order valence-corrected chi connectivity index (χ0v) is 31.2. The molecule has 1 saturated heterocycles. The van der Waals surface area contributed by atoms with E-state index in [0.717, 1.165) is 74.4 Å². The van der Waals surface area contributed by atoms with Gasteiger partial charge in [0, 0.05) is 49.5 Å². The van der Waals surface area contributed by atoms with Gasteiger partial charge in [-0.05, 0) is 93.6 Å². The molecule has 3 heterocycles. The predicted molar refractivity (Wildman–Crippen MR) is 205 cm³/mol. The quantitative estimate of drug-likeness (QED) is 0.142. The van der Waals surface area contributed by atoms with E-state index in [1.54, 1.807) is 7.11 Å². The maximum Gasteiger partial charge on any atom is 0.339 e. The van der Waals surface area contributed by atoms with Crippen molar-refractivity contribution in [3.63, 3.8) is 0 Å². The van der Waals surface area contributed by atoms with Gasteiger partial charge in [0.25, 0.3) is 0 Å². The van der Waals surface area contributed by atoms with Gasteiger partial charge in [0.2, 0.25) is 0 Å². The van der Waals surface area contributed by atoms with Gasteiger partial charge in [0.15, 0.2) is 0 Å². The molecule has 7 rings (SSSR count). The monoisotopic (exact) mass is 683 g/mol. The van der Waals surface area contributed by atoms with Gasteiger partial charge in [0.05, 0.1) is 34.7 Å². The average molecular weight is 684 g/mol. The van der Waals surface area contributed by atoms with E-state index in [4.69, 9.17) is 19.5 Å². The summed E-state index contributed by atoms with van der Waals surface area (Å²) in [7, 11) is 3.79. The topological polar surface area (TPSA) is 74.4 Å². The van der Waals surface area contributed by atoms with Crippen LogP contribution in [0.25, 0.3) is 44.6 Å². The minimum absolute atomic E-state index is 0.215. The van der Waals surface area contributed by atoms with Crippen molar-refractivity contribution < 1.29 is 14.4 Å². The number of fused-ring (bicyclic) bond motifs is 2. The number of carbonyl (C=O) groups excluding carboxylic acids is 1. The second kappa shape index (κ2) is 13.4. The number of carbonyl (C=O) groups is 1. The number of imidazole rings is 2. The summed E-state index contributed by atoms with van der Waals surface area (Å²) < 4.78 is 10.7. The Hall–Kier alpha value is -4.79. The van der Waals surface area contributed by atoms with Gasteiger partial charge in [-0.15, -0.1) is 0 Å². The van der Waals surface area contributed by atoms with E-state index < -0.39 is 0 Å². The van der Waals surface area contributed by atoms with Crippen LogP contribution in [-0.2, 0) is 29.6 Å². The summed E-state index contributed by atoms with van der Waals surface area (Å²) in [5, 5.41) is 2.03. The highest BCUT2D eigenvalue weighted by atomic mass is 16.7. The Morgan fingerprint density at radius 2 is 1.55 bits per heavy atom. The van der Waals surface area contributed by atoms with Crippen LogP contribution in [0.2, 0.25) is 0 Å². The lowest BCUT2D eigenvalue weighted by molar-refractivity contribution is -0.276. The lowest BCUT2D eigenvalue weighted by atomic mass is 9.80. The summed E-state index contributed by atoms with van der Waals surface area (Å²) in [5.41, 5.74) is 9.49. The number of ether oxygens (including phenoxy) is 1. The van der Waals surface area contributed by atoms with E-state index in [1.807, 2.05) is 35.4 Å². The van der Waals surface area contributed by atoms with Crippen molar-refractivity contribution in [2.24, 2.45) is 7.05 Å². The van der Waals surface area contributed by atoms with Gasteiger partial charge in [0.1, 0.15) is 17.8 Å². The summed E-state index contributed by atoms with van der Waals surface area (Å²) >= 11 is 0. The summed E-state index contributed by atoms with van der Waals surface area (Å²) in [6.45, 7) is 13.6. The fourth-order valence-corrected chi connectivity index (χ4v) is 8.41. The molecule has 0 aliphatic carbocycles. The molecule has 0 amide bonds. The van der Waals surface area contributed by atoms with Gasteiger partial charge in [-0.1, -0.05) is 61.5 Å². The maximum absolute atomic E-state index is 13.7. The Morgan fingerprint density at radius 1 is 0.863 bits per heavy atom. The van der Waals surface area contributed by atoms with Gasteiger partial charge in [-0.2, -0.15) is 5.06 Å². The van der Waals surface area contributed by atoms with E-state index in [9.17, 15) is 4.79 Å². The zero-order chi connectivity index (χ0) is 36.1. The van der Waals surface area contributed by atoms with E-state index in [-0.39, 0.29) is 23.2 Å². The third-order valence-electron chi connectivity index (χ3n) is 10.4. The van der Waals surface area contributed by atoms with Crippen molar-refractivity contribution in [2.75, 3.05) is 7.11 Å². The van der Waals surface area contributed by atoms with Crippen molar-refractivity contribution in [3.05, 3.63) is 107 Å². The summed E-state index contributed by atoms with van der Waals surface area (Å²) in [4.78, 5) is 29.6. The summed E-state index contributed by atoms with van der Waals surface area (Å²) in [6, 6.07) is 29.0. The van der Waals surface area contributed by atoms with Crippen molar-refractivity contribution in [1.82, 2.24) is 24.2 Å². The Morgan fingerprint density at radius 3 is 2.24 bits per heavy atom. The number of hydrogen-bond acceptors (Lipinski definition) is 6. The van der Waals surface area contributed by atoms with E-state index in [2.05, 4.69) is 112 Å². The maximum atomic E-state index is 13.7. The SMILES string of the molecule is CCCc1nc2c(C)cc(-c3nc4ccccc4n3C)cc2n1Cc1ccc(-c2ccccc2C(=O)OC2CC(C)(C)N(OC)C(C)(C)C2)cc1. The second-order valence-electron chi connectivity index (χ2n) is 15.3. The van der Waals surface area contributed by atoms with Crippen LogP contribution in [0.4, 0.5) is 0 Å². The number of piperidine rings is 1. The lowest BCUT2D eigenvalue weighted by Crippen LogP contribution is -2.61. The van der Waals surface area contributed by atoms with Crippen molar-refractivity contribution in [1.29, 1.82) is 0 Å². The highest BCUT2D eigenvalue weighted by Gasteiger charge is 2.47. The Kier molecular flexibility index (Phi) is 9.10. The number of rotatable bonds is 9. The molecule has 0 unspecified atom stereocenters. The van der Waals surface area contributed by atoms with Crippen LogP contribution in [0.3, 0.4) is 0 Å². The molecule has 0 saturated carbocycles. The Labute approximate surface area is 301 Å². The predicted octanol–water partition coefficient (Wildman–Crippen LogP) is 9.31. The van der Waals surface area contributed by atoms with Crippen LogP contribution in [0, 0.1) is 6.92 Å². The van der Waals surface area contributed by atoms with Crippen LogP contribution in [-0.4, -0.2) is 54.4 Å². The number of nitrogens with zero attached hydrogens (tertiary/aromatic N) is 5. The zero-order valence-electron chi connectivity index (χ0n) is 31.2. The number of hydrogen-bond donors (Lipinski definition) is 0. The minimum Gasteiger partial charge on any atom is -0.459 e. The van der Waals surface area contributed by atoms with Gasteiger partial charge < -0.3 is 18.7 Å². The molecule has 0 atom stereocenters. The molecular formula is C43H49N5O3. The number of aromatic nitrogens is 4. The lowest BCUT2D eigenvalue weighted by Gasteiger charge is -2.52. The third-order valence-corrected chi connectivity index (χ3v) is 10.4. The summed E-state index contributed by atoms with van der Waals surface area (Å²) in [5.74, 6) is 1.73. The highest BCUT2D eigenvalue weighted by molar-refractivity contribution is 5.97. The first-order valence-corrected chi connectivity index (χ1v) is 18.1. The molecule has 264 valence electrons. The van der Waals surface area contributed by atoms with Crippen LogP contribution in [0.1, 0.15) is 81.2 Å². The third kappa shape index (κ3) is 6.47. The molecule has 0 spiro atoms. The minimum atomic E-state index is -0.294. The molecule has 4 aromatic carbocycles. The van der Waals surface area contributed by atoms with Gasteiger partial charge >= 0.3 is 5.97 Å². The summed E-state index contributed by atoms with van der Waals surface area (Å²) in [6.07, 6.45) is 3.06. The standard InChI is InChI=1S/C43H49N5O3/c1-9-14-38-45-39-28(2)23-31(40-44-35-17-12-13-18-36(35)46(40)7)24-37(39)47(38)27-29-19-21-30(22-20-29)33-15-10-11-16-34(33)41(49)51-32-25-42(3,4)48(50-8)43(5,6)26-32/h10-13,15-24,32H,9,14,25-27H2,1-8H3. The number of para-hydroxylation sites is 2. The van der Waals surface area contributed by atoms with Gasteiger partial charge in [-0.25, -0.2) is 14.8 Å². The first kappa shape index (κ1) is 34.6. The molecule has 0 bridgehead atoms. The first-order chi connectivity index (χ1) is 24.4. The molecule has 2 aromatic heterocycles. The molecule has 1 aliphatic rings. The first-order valence-electron chi connectivity index (χ1n) is 18.1. The van der Waals surface area contributed by atoms with Crippen LogP contribution < -0.4 is 0 Å².